The number of methoxy groups -OCH3 is 1. The van der Waals surface area contributed by atoms with Crippen LogP contribution in [0.4, 0.5) is 0 Å². The second-order valence-electron chi connectivity index (χ2n) is 5.04. The summed E-state index contributed by atoms with van der Waals surface area (Å²) in [5.41, 5.74) is 5.33. The second kappa shape index (κ2) is 6.47. The Hall–Kier alpha value is -1.96. The smallest absolute Gasteiger partial charge is 0.119 e. The molecule has 3 nitrogen and oxygen atoms in total. The average molecular weight is 270 g/mol. The molecular formula is C17H22N2O. The molecule has 1 aromatic carbocycles. The minimum Gasteiger partial charge on any atom is -0.497 e. The summed E-state index contributed by atoms with van der Waals surface area (Å²) in [4.78, 5) is 0. The molecule has 106 valence electrons. The Labute approximate surface area is 120 Å². The van der Waals surface area contributed by atoms with Crippen molar-refractivity contribution in [2.45, 2.75) is 19.4 Å². The summed E-state index contributed by atoms with van der Waals surface area (Å²) in [6.07, 6.45) is 2.89. The number of hydrogen-bond acceptors (Lipinski definition) is 2. The third kappa shape index (κ3) is 3.13. The van der Waals surface area contributed by atoms with Gasteiger partial charge in [-0.25, -0.2) is 0 Å². The van der Waals surface area contributed by atoms with Crippen LogP contribution in [-0.4, -0.2) is 24.3 Å². The lowest BCUT2D eigenvalue weighted by atomic mass is 10.1. The summed E-state index contributed by atoms with van der Waals surface area (Å²) in [6.45, 7) is 6.56. The molecule has 0 aliphatic carbocycles. The summed E-state index contributed by atoms with van der Waals surface area (Å²) in [6, 6.07) is 8.83. The highest BCUT2D eigenvalue weighted by molar-refractivity contribution is 5.82. The monoisotopic (exact) mass is 270 g/mol. The molecule has 0 amide bonds. The van der Waals surface area contributed by atoms with E-state index in [9.17, 15) is 0 Å². The lowest BCUT2D eigenvalue weighted by Gasteiger charge is -2.12. The molecule has 1 aromatic heterocycles. The van der Waals surface area contributed by atoms with Crippen LogP contribution >= 0.6 is 0 Å². The van der Waals surface area contributed by atoms with Crippen molar-refractivity contribution in [1.29, 1.82) is 0 Å². The summed E-state index contributed by atoms with van der Waals surface area (Å²) in [5, 5.41) is 4.65. The van der Waals surface area contributed by atoms with Crippen molar-refractivity contribution < 1.29 is 4.74 Å². The van der Waals surface area contributed by atoms with Crippen LogP contribution < -0.4 is 10.1 Å². The van der Waals surface area contributed by atoms with Gasteiger partial charge in [-0.1, -0.05) is 6.58 Å². The van der Waals surface area contributed by atoms with E-state index in [4.69, 9.17) is 4.74 Å². The van der Waals surface area contributed by atoms with Crippen molar-refractivity contribution in [3.8, 4) is 5.75 Å². The Balaban J connectivity index is 2.17. The number of rotatable bonds is 6. The molecule has 1 N–H and O–H groups in total. The fourth-order valence-electron chi connectivity index (χ4n) is 2.43. The molecule has 0 saturated carbocycles. The van der Waals surface area contributed by atoms with Gasteiger partial charge in [0.25, 0.3) is 0 Å². The number of fused-ring (bicyclic) bond motifs is 1. The van der Waals surface area contributed by atoms with Crippen LogP contribution in [0.5, 0.6) is 5.75 Å². The fourth-order valence-corrected chi connectivity index (χ4v) is 2.43. The van der Waals surface area contributed by atoms with E-state index in [1.807, 2.05) is 12.1 Å². The number of aromatic nitrogens is 1. The van der Waals surface area contributed by atoms with E-state index in [1.165, 1.54) is 16.6 Å². The maximum atomic E-state index is 5.28. The van der Waals surface area contributed by atoms with Crippen LogP contribution in [0.3, 0.4) is 0 Å². The zero-order chi connectivity index (χ0) is 14.5. The van der Waals surface area contributed by atoms with E-state index in [1.54, 1.807) is 7.11 Å². The van der Waals surface area contributed by atoms with Crippen LogP contribution in [0, 0.1) is 0 Å². The third-order valence-electron chi connectivity index (χ3n) is 3.58. The number of hydrogen-bond donors (Lipinski definition) is 1. The van der Waals surface area contributed by atoms with E-state index in [2.05, 4.69) is 54.4 Å². The Morgan fingerprint density at radius 3 is 2.95 bits per heavy atom. The normalized spacial score (nSPS) is 12.2. The van der Waals surface area contributed by atoms with Crippen LogP contribution in [0.15, 0.2) is 42.7 Å². The molecule has 0 bridgehead atoms. The molecule has 2 rings (SSSR count). The van der Waals surface area contributed by atoms with Gasteiger partial charge in [-0.3, -0.25) is 0 Å². The van der Waals surface area contributed by atoms with Crippen molar-refractivity contribution in [3.63, 3.8) is 0 Å². The Morgan fingerprint density at radius 1 is 1.45 bits per heavy atom. The molecule has 1 atom stereocenters. The summed E-state index contributed by atoms with van der Waals surface area (Å²) in [5.74, 6) is 0.900. The minimum atomic E-state index is 0.407. The first-order chi connectivity index (χ1) is 9.65. The standard InChI is InChI=1S/C17H22N2O/c1-5-6-9-18-13(2)10-15-11-14-12-16(20-4)7-8-17(14)19(15)3/h6-8,11-13,18H,1,9-10H2,2-4H3. The van der Waals surface area contributed by atoms with E-state index < -0.39 is 0 Å². The Bertz CT molecular complexity index is 636. The molecule has 0 fully saturated rings. The van der Waals surface area contributed by atoms with E-state index in [0.717, 1.165) is 18.7 Å². The zero-order valence-electron chi connectivity index (χ0n) is 12.4. The molecule has 0 radical (unpaired) electrons. The number of benzene rings is 1. The largest absolute Gasteiger partial charge is 0.497 e. The van der Waals surface area contributed by atoms with E-state index >= 15 is 0 Å². The van der Waals surface area contributed by atoms with Gasteiger partial charge in [-0.15, -0.1) is 5.73 Å². The van der Waals surface area contributed by atoms with Crippen LogP contribution in [0.1, 0.15) is 12.6 Å². The first-order valence-corrected chi connectivity index (χ1v) is 6.85. The predicted molar refractivity (Wildman–Crippen MR) is 84.3 cm³/mol. The molecule has 0 spiro atoms. The Kier molecular flexibility index (Phi) is 4.67. The summed E-state index contributed by atoms with van der Waals surface area (Å²) < 4.78 is 7.53. The van der Waals surface area contributed by atoms with Gasteiger partial charge >= 0.3 is 0 Å². The molecule has 0 aliphatic rings. The first-order valence-electron chi connectivity index (χ1n) is 6.85. The number of nitrogens with one attached hydrogen (secondary N) is 1. The van der Waals surface area contributed by atoms with Gasteiger partial charge in [0.05, 0.1) is 7.11 Å². The SMILES string of the molecule is C=C=CCNC(C)Cc1cc2cc(OC)ccc2n1C. The summed E-state index contributed by atoms with van der Waals surface area (Å²) >= 11 is 0. The molecule has 0 saturated heterocycles. The van der Waals surface area contributed by atoms with Crippen molar-refractivity contribution in [1.82, 2.24) is 9.88 Å². The van der Waals surface area contributed by atoms with Gasteiger partial charge in [0, 0.05) is 42.7 Å². The van der Waals surface area contributed by atoms with Crippen LogP contribution in [-0.2, 0) is 13.5 Å². The highest BCUT2D eigenvalue weighted by Crippen LogP contribution is 2.24. The van der Waals surface area contributed by atoms with Crippen LogP contribution in [0.2, 0.25) is 0 Å². The molecule has 3 heteroatoms. The Morgan fingerprint density at radius 2 is 2.25 bits per heavy atom. The van der Waals surface area contributed by atoms with Crippen molar-refractivity contribution in [3.05, 3.63) is 48.3 Å². The molecule has 2 aromatic rings. The van der Waals surface area contributed by atoms with Gasteiger partial charge in [0.1, 0.15) is 5.75 Å². The van der Waals surface area contributed by atoms with E-state index in [0.29, 0.717) is 6.04 Å². The minimum absolute atomic E-state index is 0.407. The van der Waals surface area contributed by atoms with Gasteiger partial charge in [0.2, 0.25) is 0 Å². The molecular weight excluding hydrogens is 248 g/mol. The second-order valence-corrected chi connectivity index (χ2v) is 5.04. The van der Waals surface area contributed by atoms with Gasteiger partial charge in [-0.05, 0) is 37.3 Å². The number of nitrogens with zero attached hydrogens (tertiary/aromatic N) is 1. The lowest BCUT2D eigenvalue weighted by Crippen LogP contribution is -2.28. The third-order valence-corrected chi connectivity index (χ3v) is 3.58. The van der Waals surface area contributed by atoms with Crippen molar-refractivity contribution >= 4 is 10.9 Å². The highest BCUT2D eigenvalue weighted by Gasteiger charge is 2.09. The molecule has 0 aliphatic heterocycles. The van der Waals surface area contributed by atoms with Crippen LogP contribution in [0.25, 0.3) is 10.9 Å². The van der Waals surface area contributed by atoms with E-state index in [-0.39, 0.29) is 0 Å². The average Bonchev–Trinajstić information content (AvgIpc) is 2.75. The molecule has 1 unspecified atom stereocenters. The van der Waals surface area contributed by atoms with Gasteiger partial charge < -0.3 is 14.6 Å². The maximum absolute atomic E-state index is 5.28. The molecule has 20 heavy (non-hydrogen) atoms. The van der Waals surface area contributed by atoms with Crippen molar-refractivity contribution in [2.24, 2.45) is 7.05 Å². The summed E-state index contributed by atoms with van der Waals surface area (Å²) in [7, 11) is 3.81. The fraction of sp³-hybridized carbons (Fsp3) is 0.353. The van der Waals surface area contributed by atoms with Crippen molar-refractivity contribution in [2.75, 3.05) is 13.7 Å². The zero-order valence-corrected chi connectivity index (χ0v) is 12.4. The first kappa shape index (κ1) is 14.4. The topological polar surface area (TPSA) is 26.2 Å². The highest BCUT2D eigenvalue weighted by atomic mass is 16.5. The molecule has 1 heterocycles. The van der Waals surface area contributed by atoms with Gasteiger partial charge in [-0.2, -0.15) is 0 Å². The quantitative estimate of drug-likeness (QED) is 0.817. The number of ether oxygens (including phenoxy) is 1. The van der Waals surface area contributed by atoms with Gasteiger partial charge in [0.15, 0.2) is 0 Å². The maximum Gasteiger partial charge on any atom is 0.119 e. The lowest BCUT2D eigenvalue weighted by molar-refractivity contribution is 0.415. The number of aryl methyl sites for hydroxylation is 1. The predicted octanol–water partition coefficient (Wildman–Crippen LogP) is 3.05.